The molecule has 0 radical (unpaired) electrons. The zero-order valence-electron chi connectivity index (χ0n) is 12.9. The van der Waals surface area contributed by atoms with Gasteiger partial charge in [-0.15, -0.1) is 0 Å². The summed E-state index contributed by atoms with van der Waals surface area (Å²) in [7, 11) is 0. The van der Waals surface area contributed by atoms with Crippen LogP contribution in [-0.2, 0) is 4.79 Å². The van der Waals surface area contributed by atoms with Gasteiger partial charge in [0.2, 0.25) is 0 Å². The summed E-state index contributed by atoms with van der Waals surface area (Å²) < 4.78 is 0. The summed E-state index contributed by atoms with van der Waals surface area (Å²) in [6.45, 7) is 5.60. The third kappa shape index (κ3) is 5.53. The number of urea groups is 1. The van der Waals surface area contributed by atoms with Crippen LogP contribution in [0, 0.1) is 5.92 Å². The van der Waals surface area contributed by atoms with E-state index in [9.17, 15) is 9.59 Å². The van der Waals surface area contributed by atoms with Crippen molar-refractivity contribution in [2.24, 2.45) is 5.92 Å². The maximum absolute atomic E-state index is 12.2. The maximum atomic E-state index is 12.2. The summed E-state index contributed by atoms with van der Waals surface area (Å²) in [6, 6.07) is 0.343. The van der Waals surface area contributed by atoms with Crippen molar-refractivity contribution < 1.29 is 14.7 Å². The van der Waals surface area contributed by atoms with E-state index < -0.39 is 5.97 Å². The number of aliphatic carboxylic acids is 1. The van der Waals surface area contributed by atoms with Crippen LogP contribution in [0.15, 0.2) is 0 Å². The number of carbonyl (C=O) groups excluding carboxylic acids is 1. The molecule has 6 nitrogen and oxygen atoms in total. The number of nitrogens with one attached hydrogen (secondary N) is 1. The van der Waals surface area contributed by atoms with Gasteiger partial charge in [0.25, 0.3) is 0 Å². The van der Waals surface area contributed by atoms with Crippen LogP contribution in [0.5, 0.6) is 0 Å². The van der Waals surface area contributed by atoms with E-state index in [0.717, 1.165) is 31.8 Å². The molecule has 0 spiro atoms. The predicted molar refractivity (Wildman–Crippen MR) is 80.2 cm³/mol. The van der Waals surface area contributed by atoms with E-state index >= 15 is 0 Å². The van der Waals surface area contributed by atoms with Crippen molar-refractivity contribution in [2.75, 3.05) is 32.7 Å². The zero-order valence-corrected chi connectivity index (χ0v) is 12.9. The Bertz CT molecular complexity index is 363. The third-order valence-electron chi connectivity index (χ3n) is 4.44. The quantitative estimate of drug-likeness (QED) is 0.744. The Kier molecular flexibility index (Phi) is 5.85. The molecule has 2 amide bonds. The topological polar surface area (TPSA) is 72.9 Å². The van der Waals surface area contributed by atoms with E-state index in [1.165, 1.54) is 12.8 Å². The fourth-order valence-electron chi connectivity index (χ4n) is 2.78. The summed E-state index contributed by atoms with van der Waals surface area (Å²) in [5.74, 6) is 0.0594. The van der Waals surface area contributed by atoms with Crippen LogP contribution in [0.2, 0.25) is 0 Å². The van der Waals surface area contributed by atoms with Gasteiger partial charge in [-0.25, -0.2) is 4.79 Å². The molecule has 0 bridgehead atoms. The molecular weight excluding hydrogens is 270 g/mol. The Labute approximate surface area is 126 Å². The van der Waals surface area contributed by atoms with Crippen molar-refractivity contribution in [1.82, 2.24) is 15.1 Å². The van der Waals surface area contributed by atoms with Crippen molar-refractivity contribution in [3.05, 3.63) is 0 Å². The number of nitrogens with zero attached hydrogens (tertiary/aromatic N) is 2. The third-order valence-corrected chi connectivity index (χ3v) is 4.44. The summed E-state index contributed by atoms with van der Waals surface area (Å²) in [5.41, 5.74) is 0. The van der Waals surface area contributed by atoms with E-state index in [0.29, 0.717) is 25.7 Å². The second-order valence-electron chi connectivity index (χ2n) is 6.21. The molecule has 21 heavy (non-hydrogen) atoms. The van der Waals surface area contributed by atoms with Gasteiger partial charge in [-0.05, 0) is 18.8 Å². The van der Waals surface area contributed by atoms with E-state index in [4.69, 9.17) is 5.11 Å². The molecule has 2 fully saturated rings. The molecule has 1 atom stereocenters. The highest BCUT2D eigenvalue weighted by Gasteiger charge is 2.27. The van der Waals surface area contributed by atoms with Gasteiger partial charge >= 0.3 is 12.0 Å². The van der Waals surface area contributed by atoms with Gasteiger partial charge in [-0.1, -0.05) is 19.8 Å². The van der Waals surface area contributed by atoms with Gasteiger partial charge in [-0.3, -0.25) is 9.69 Å². The van der Waals surface area contributed by atoms with Crippen molar-refractivity contribution in [2.45, 2.75) is 45.1 Å². The summed E-state index contributed by atoms with van der Waals surface area (Å²) in [6.07, 6.45) is 4.90. The average Bonchev–Trinajstić information content (AvgIpc) is 3.28. The minimum atomic E-state index is -0.763. The van der Waals surface area contributed by atoms with Crippen molar-refractivity contribution >= 4 is 12.0 Å². The van der Waals surface area contributed by atoms with Crippen LogP contribution in [0.25, 0.3) is 0 Å². The Morgan fingerprint density at radius 1 is 1.24 bits per heavy atom. The number of amides is 2. The summed E-state index contributed by atoms with van der Waals surface area (Å²) in [5, 5.41) is 11.8. The molecule has 1 aliphatic heterocycles. The van der Waals surface area contributed by atoms with Crippen LogP contribution in [0.3, 0.4) is 0 Å². The second-order valence-corrected chi connectivity index (χ2v) is 6.21. The second kappa shape index (κ2) is 7.64. The highest BCUT2D eigenvalue weighted by Crippen LogP contribution is 2.34. The van der Waals surface area contributed by atoms with Gasteiger partial charge in [0.1, 0.15) is 0 Å². The lowest BCUT2D eigenvalue weighted by atomic mass is 10.1. The van der Waals surface area contributed by atoms with Gasteiger partial charge in [0.05, 0.1) is 6.42 Å². The van der Waals surface area contributed by atoms with Crippen LogP contribution in [-0.4, -0.2) is 65.7 Å². The minimum absolute atomic E-state index is 0.0420. The van der Waals surface area contributed by atoms with Gasteiger partial charge in [0.15, 0.2) is 0 Å². The van der Waals surface area contributed by atoms with Crippen LogP contribution in [0.1, 0.15) is 39.0 Å². The fraction of sp³-hybridized carbons (Fsp3) is 0.867. The molecule has 2 rings (SSSR count). The van der Waals surface area contributed by atoms with E-state index in [2.05, 4.69) is 17.1 Å². The normalized spacial score (nSPS) is 21.1. The zero-order chi connectivity index (χ0) is 15.2. The first-order valence-electron chi connectivity index (χ1n) is 8.08. The Morgan fingerprint density at radius 3 is 2.43 bits per heavy atom. The minimum Gasteiger partial charge on any atom is -0.481 e. The van der Waals surface area contributed by atoms with E-state index in [-0.39, 0.29) is 12.5 Å². The number of hydrogen-bond acceptors (Lipinski definition) is 3. The number of carbonyl (C=O) groups is 2. The van der Waals surface area contributed by atoms with Crippen molar-refractivity contribution in [3.63, 3.8) is 0 Å². The molecule has 0 aromatic heterocycles. The number of rotatable bonds is 7. The molecule has 1 heterocycles. The van der Waals surface area contributed by atoms with Gasteiger partial charge in [-0.2, -0.15) is 0 Å². The van der Waals surface area contributed by atoms with Crippen molar-refractivity contribution in [3.8, 4) is 0 Å². The first-order valence-corrected chi connectivity index (χ1v) is 8.08. The molecule has 1 saturated heterocycles. The van der Waals surface area contributed by atoms with Gasteiger partial charge < -0.3 is 15.3 Å². The monoisotopic (exact) mass is 297 g/mol. The van der Waals surface area contributed by atoms with Gasteiger partial charge in [0, 0.05) is 38.8 Å². The number of piperazine rings is 1. The Hall–Kier alpha value is -1.30. The molecule has 120 valence electrons. The Balaban J connectivity index is 1.68. The highest BCUT2D eigenvalue weighted by atomic mass is 16.4. The van der Waals surface area contributed by atoms with Crippen molar-refractivity contribution in [1.29, 1.82) is 0 Å². The lowest BCUT2D eigenvalue weighted by Gasteiger charge is -2.35. The maximum Gasteiger partial charge on any atom is 0.317 e. The van der Waals surface area contributed by atoms with Crippen LogP contribution < -0.4 is 5.32 Å². The summed E-state index contributed by atoms with van der Waals surface area (Å²) >= 11 is 0. The molecule has 6 heteroatoms. The van der Waals surface area contributed by atoms with Crippen LogP contribution in [0.4, 0.5) is 4.79 Å². The van der Waals surface area contributed by atoms with Crippen LogP contribution >= 0.6 is 0 Å². The molecule has 2 aliphatic rings. The molecule has 0 aromatic carbocycles. The lowest BCUT2D eigenvalue weighted by molar-refractivity contribution is -0.137. The summed E-state index contributed by atoms with van der Waals surface area (Å²) in [4.78, 5) is 26.8. The number of carboxylic acid groups (broad SMARTS) is 1. The predicted octanol–water partition coefficient (Wildman–Crippen LogP) is 1.37. The smallest absolute Gasteiger partial charge is 0.317 e. The Morgan fingerprint density at radius 2 is 1.90 bits per heavy atom. The molecule has 1 unspecified atom stereocenters. The first-order chi connectivity index (χ1) is 10.1. The largest absolute Gasteiger partial charge is 0.481 e. The first kappa shape index (κ1) is 16.1. The molecular formula is C15H27N3O3. The fourth-order valence-corrected chi connectivity index (χ4v) is 2.78. The standard InChI is InChI=1S/C15H27N3O3/c1-2-13(11-12-3-4-12)16-15(21)18-9-7-17(8-10-18)6-5-14(19)20/h12-13H,2-11H2,1H3,(H,16,21)(H,19,20). The highest BCUT2D eigenvalue weighted by molar-refractivity contribution is 5.74. The molecule has 1 aliphatic carbocycles. The molecule has 1 saturated carbocycles. The SMILES string of the molecule is CCC(CC1CC1)NC(=O)N1CCN(CCC(=O)O)CC1. The lowest BCUT2D eigenvalue weighted by Crippen LogP contribution is -2.53. The number of carboxylic acids is 1. The molecule has 2 N–H and O–H groups in total. The average molecular weight is 297 g/mol. The molecule has 0 aromatic rings. The number of hydrogen-bond donors (Lipinski definition) is 2. The van der Waals surface area contributed by atoms with E-state index in [1.54, 1.807) is 0 Å². The van der Waals surface area contributed by atoms with E-state index in [1.807, 2.05) is 4.90 Å².